The van der Waals surface area contributed by atoms with Gasteiger partial charge in [0.15, 0.2) is 0 Å². The van der Waals surface area contributed by atoms with Crippen LogP contribution in [0.1, 0.15) is 16.1 Å². The van der Waals surface area contributed by atoms with E-state index in [9.17, 15) is 18.0 Å². The molecule has 0 aliphatic carbocycles. The number of benzene rings is 3. The van der Waals surface area contributed by atoms with Crippen LogP contribution in [0, 0.1) is 0 Å². The molecule has 0 saturated carbocycles. The van der Waals surface area contributed by atoms with Crippen LogP contribution in [0.25, 0.3) is 11.1 Å². The maximum absolute atomic E-state index is 13.1. The molecule has 1 aromatic heterocycles. The zero-order valence-electron chi connectivity index (χ0n) is 20.1. The maximum atomic E-state index is 13.1. The summed E-state index contributed by atoms with van der Waals surface area (Å²) in [4.78, 5) is 30.6. The van der Waals surface area contributed by atoms with Gasteiger partial charge in [0, 0.05) is 41.8 Å². The highest BCUT2D eigenvalue weighted by molar-refractivity contribution is 7.86. The Hall–Kier alpha value is -4.50. The summed E-state index contributed by atoms with van der Waals surface area (Å²) < 4.78 is 27.6. The Morgan fingerprint density at radius 1 is 0.946 bits per heavy atom. The van der Waals surface area contributed by atoms with Crippen LogP contribution in [-0.4, -0.2) is 38.5 Å². The van der Waals surface area contributed by atoms with E-state index < -0.39 is 10.1 Å². The summed E-state index contributed by atoms with van der Waals surface area (Å²) in [5.41, 5.74) is 4.06. The molecule has 1 heterocycles. The summed E-state index contributed by atoms with van der Waals surface area (Å²) in [6.45, 7) is 0.480. The van der Waals surface area contributed by atoms with E-state index in [4.69, 9.17) is 4.18 Å². The summed E-state index contributed by atoms with van der Waals surface area (Å²) in [5, 5.41) is 2.89. The number of pyridine rings is 1. The molecule has 37 heavy (non-hydrogen) atoms. The minimum atomic E-state index is -3.63. The first kappa shape index (κ1) is 25.6. The van der Waals surface area contributed by atoms with Crippen molar-refractivity contribution in [3.05, 3.63) is 108 Å². The zero-order valence-corrected chi connectivity index (χ0v) is 20.9. The van der Waals surface area contributed by atoms with Crippen LogP contribution in [-0.2, 0) is 21.3 Å². The van der Waals surface area contributed by atoms with E-state index in [1.54, 1.807) is 59.6 Å². The fraction of sp³-hybridized carbons (Fsp3) is 0.107. The molecule has 0 radical (unpaired) electrons. The average Bonchev–Trinajstić information content (AvgIpc) is 2.90. The molecule has 8 nitrogen and oxygen atoms in total. The Balaban J connectivity index is 1.45. The van der Waals surface area contributed by atoms with Gasteiger partial charge in [0.1, 0.15) is 5.75 Å². The van der Waals surface area contributed by atoms with E-state index in [1.807, 2.05) is 30.3 Å². The fourth-order valence-corrected chi connectivity index (χ4v) is 4.22. The molecule has 0 fully saturated rings. The molecule has 4 aromatic rings. The Morgan fingerprint density at radius 3 is 2.30 bits per heavy atom. The van der Waals surface area contributed by atoms with Crippen molar-refractivity contribution in [1.82, 2.24) is 4.98 Å². The summed E-state index contributed by atoms with van der Waals surface area (Å²) in [6, 6.07) is 26.3. The maximum Gasteiger partial charge on any atom is 0.306 e. The van der Waals surface area contributed by atoms with Crippen molar-refractivity contribution in [3.63, 3.8) is 0 Å². The van der Waals surface area contributed by atoms with Gasteiger partial charge in [-0.05, 0) is 65.7 Å². The lowest BCUT2D eigenvalue weighted by Gasteiger charge is -2.18. The summed E-state index contributed by atoms with van der Waals surface area (Å²) in [6.07, 6.45) is 4.10. The third-order valence-electron chi connectivity index (χ3n) is 5.50. The largest absolute Gasteiger partial charge is 0.383 e. The highest BCUT2D eigenvalue weighted by Crippen LogP contribution is 2.27. The molecular weight excluding hydrogens is 490 g/mol. The lowest BCUT2D eigenvalue weighted by molar-refractivity contribution is -0.107. The van der Waals surface area contributed by atoms with Crippen LogP contribution >= 0.6 is 0 Å². The first-order valence-electron chi connectivity index (χ1n) is 11.4. The predicted octanol–water partition coefficient (Wildman–Crippen LogP) is 4.54. The molecule has 0 aliphatic heterocycles. The number of nitrogens with one attached hydrogen (secondary N) is 1. The predicted molar refractivity (Wildman–Crippen MR) is 143 cm³/mol. The van der Waals surface area contributed by atoms with Gasteiger partial charge in [-0.2, -0.15) is 8.42 Å². The van der Waals surface area contributed by atoms with E-state index in [1.165, 1.54) is 12.1 Å². The normalized spacial score (nSPS) is 10.9. The Bertz CT molecular complexity index is 1470. The van der Waals surface area contributed by atoms with E-state index in [2.05, 4.69) is 10.3 Å². The second-order valence-electron chi connectivity index (χ2n) is 8.23. The number of carbonyl (C=O) groups is 2. The molecule has 0 bridgehead atoms. The standard InChI is InChI=1S/C28H25N3O5S/c1-37(34,35)36-25-15-9-21(10-16-25)26-7-2-3-8-27(26)28(33)30-23-11-13-24(14-12-23)31(20-32)19-17-22-6-4-5-18-29-22/h2-16,18,20H,17,19H2,1H3,(H,30,33). The summed E-state index contributed by atoms with van der Waals surface area (Å²) in [7, 11) is -3.63. The lowest BCUT2D eigenvalue weighted by atomic mass is 9.99. The minimum absolute atomic E-state index is 0.192. The third-order valence-corrected chi connectivity index (χ3v) is 6.00. The number of nitrogens with zero attached hydrogens (tertiary/aromatic N) is 2. The number of hydrogen-bond acceptors (Lipinski definition) is 6. The first-order chi connectivity index (χ1) is 17.8. The van der Waals surface area contributed by atoms with Crippen molar-refractivity contribution in [2.45, 2.75) is 6.42 Å². The second-order valence-corrected chi connectivity index (χ2v) is 9.80. The highest BCUT2D eigenvalue weighted by atomic mass is 32.2. The van der Waals surface area contributed by atoms with E-state index in [0.29, 0.717) is 35.5 Å². The minimum Gasteiger partial charge on any atom is -0.383 e. The van der Waals surface area contributed by atoms with Crippen molar-refractivity contribution in [2.75, 3.05) is 23.0 Å². The monoisotopic (exact) mass is 515 g/mol. The molecule has 0 aliphatic rings. The van der Waals surface area contributed by atoms with Crippen LogP contribution in [0.3, 0.4) is 0 Å². The molecule has 0 saturated heterocycles. The number of aromatic nitrogens is 1. The molecule has 0 atom stereocenters. The molecule has 1 N–H and O–H groups in total. The summed E-state index contributed by atoms with van der Waals surface area (Å²) in [5.74, 6) is -0.111. The average molecular weight is 516 g/mol. The van der Waals surface area contributed by atoms with Gasteiger partial charge in [-0.3, -0.25) is 14.6 Å². The SMILES string of the molecule is CS(=O)(=O)Oc1ccc(-c2ccccc2C(=O)Nc2ccc(N(C=O)CCc3ccccn3)cc2)cc1. The molecule has 4 rings (SSSR count). The van der Waals surface area contributed by atoms with E-state index in [-0.39, 0.29) is 11.7 Å². The van der Waals surface area contributed by atoms with Gasteiger partial charge >= 0.3 is 10.1 Å². The molecular formula is C28H25N3O5S. The van der Waals surface area contributed by atoms with Crippen molar-refractivity contribution >= 4 is 33.8 Å². The van der Waals surface area contributed by atoms with Crippen molar-refractivity contribution in [3.8, 4) is 16.9 Å². The number of rotatable bonds is 10. The van der Waals surface area contributed by atoms with Gasteiger partial charge in [-0.1, -0.05) is 36.4 Å². The number of anilines is 2. The fourth-order valence-electron chi connectivity index (χ4n) is 3.76. The molecule has 2 amide bonds. The van der Waals surface area contributed by atoms with Crippen molar-refractivity contribution in [2.24, 2.45) is 0 Å². The Kier molecular flexibility index (Phi) is 7.95. The molecule has 0 spiro atoms. The number of amides is 2. The van der Waals surface area contributed by atoms with Crippen LogP contribution < -0.4 is 14.4 Å². The quantitative estimate of drug-likeness (QED) is 0.245. The van der Waals surface area contributed by atoms with E-state index >= 15 is 0 Å². The van der Waals surface area contributed by atoms with Gasteiger partial charge in [-0.15, -0.1) is 0 Å². The van der Waals surface area contributed by atoms with E-state index in [0.717, 1.165) is 23.9 Å². The van der Waals surface area contributed by atoms with Gasteiger partial charge in [0.25, 0.3) is 5.91 Å². The van der Waals surface area contributed by atoms with Gasteiger partial charge in [-0.25, -0.2) is 0 Å². The van der Waals surface area contributed by atoms with Crippen molar-refractivity contribution < 1.29 is 22.2 Å². The van der Waals surface area contributed by atoms with Gasteiger partial charge in [0.05, 0.1) is 6.26 Å². The van der Waals surface area contributed by atoms with Gasteiger partial charge in [0.2, 0.25) is 6.41 Å². The molecule has 188 valence electrons. The summed E-state index contributed by atoms with van der Waals surface area (Å²) >= 11 is 0. The Morgan fingerprint density at radius 2 is 1.65 bits per heavy atom. The molecule has 0 unspecified atom stereocenters. The van der Waals surface area contributed by atoms with Crippen LogP contribution in [0.15, 0.2) is 97.2 Å². The van der Waals surface area contributed by atoms with Crippen LogP contribution in [0.2, 0.25) is 0 Å². The third kappa shape index (κ3) is 7.02. The van der Waals surface area contributed by atoms with Gasteiger partial charge < -0.3 is 14.4 Å². The Labute approximate surface area is 215 Å². The number of hydrogen-bond donors (Lipinski definition) is 1. The first-order valence-corrected chi connectivity index (χ1v) is 13.3. The van der Waals surface area contributed by atoms with Crippen LogP contribution in [0.5, 0.6) is 5.75 Å². The highest BCUT2D eigenvalue weighted by Gasteiger charge is 2.14. The molecule has 3 aromatic carbocycles. The zero-order chi connectivity index (χ0) is 26.3. The smallest absolute Gasteiger partial charge is 0.306 e. The second kappa shape index (κ2) is 11.5. The van der Waals surface area contributed by atoms with Crippen LogP contribution in [0.4, 0.5) is 11.4 Å². The molecule has 9 heteroatoms. The lowest BCUT2D eigenvalue weighted by Crippen LogP contribution is -2.24. The topological polar surface area (TPSA) is 106 Å². The number of carbonyl (C=O) groups excluding carboxylic acids is 2. The van der Waals surface area contributed by atoms with Crippen molar-refractivity contribution in [1.29, 1.82) is 0 Å².